The van der Waals surface area contributed by atoms with E-state index in [-0.39, 0.29) is 0 Å². The van der Waals surface area contributed by atoms with Gasteiger partial charge in [-0.05, 0) is 29.8 Å². The highest BCUT2D eigenvalue weighted by Gasteiger charge is 2.08. The van der Waals surface area contributed by atoms with Gasteiger partial charge in [-0.25, -0.2) is 9.97 Å². The predicted octanol–water partition coefficient (Wildman–Crippen LogP) is 2.14. The molecule has 2 heterocycles. The lowest BCUT2D eigenvalue weighted by molar-refractivity contribution is 0.836. The van der Waals surface area contributed by atoms with E-state index in [1.807, 2.05) is 41.9 Å². The largest absolute Gasteiger partial charge is 0.399 e. The molecule has 2 aromatic heterocycles. The quantitative estimate of drug-likeness (QED) is 0.696. The highest BCUT2D eigenvalue weighted by molar-refractivity contribution is 5.71. The number of aryl methyl sites for hydroxylation is 1. The maximum atomic E-state index is 5.79. The SMILES string of the molecule is Cn1c(Cc2cccc(N)c2)nc2cccnc21. The molecule has 0 amide bonds. The first-order valence-electron chi connectivity index (χ1n) is 5.85. The number of rotatable bonds is 2. The monoisotopic (exact) mass is 238 g/mol. The molecule has 0 aliphatic rings. The first-order chi connectivity index (χ1) is 8.74. The summed E-state index contributed by atoms with van der Waals surface area (Å²) in [5.41, 5.74) is 9.57. The van der Waals surface area contributed by atoms with Crippen molar-refractivity contribution < 1.29 is 0 Å². The normalized spacial score (nSPS) is 10.9. The molecular weight excluding hydrogens is 224 g/mol. The van der Waals surface area contributed by atoms with Crippen LogP contribution in [0.15, 0.2) is 42.6 Å². The molecule has 0 aliphatic carbocycles. The van der Waals surface area contributed by atoms with Crippen molar-refractivity contribution in [3.05, 3.63) is 54.0 Å². The highest BCUT2D eigenvalue weighted by atomic mass is 15.1. The minimum absolute atomic E-state index is 0.762. The van der Waals surface area contributed by atoms with Crippen molar-refractivity contribution in [2.75, 3.05) is 5.73 Å². The van der Waals surface area contributed by atoms with Gasteiger partial charge in [0.2, 0.25) is 0 Å². The fourth-order valence-corrected chi connectivity index (χ4v) is 2.11. The fourth-order valence-electron chi connectivity index (χ4n) is 2.11. The Bertz CT molecular complexity index is 700. The van der Waals surface area contributed by atoms with Gasteiger partial charge in [0.1, 0.15) is 11.3 Å². The van der Waals surface area contributed by atoms with E-state index in [4.69, 9.17) is 5.73 Å². The predicted molar refractivity (Wildman–Crippen MR) is 72.2 cm³/mol. The standard InChI is InChI=1S/C14H14N4/c1-18-13(9-10-4-2-5-11(15)8-10)17-12-6-3-7-16-14(12)18/h2-8H,9,15H2,1H3. The third-order valence-electron chi connectivity index (χ3n) is 3.03. The van der Waals surface area contributed by atoms with Gasteiger partial charge in [0.25, 0.3) is 0 Å². The van der Waals surface area contributed by atoms with Gasteiger partial charge in [-0.2, -0.15) is 0 Å². The number of benzene rings is 1. The molecule has 0 saturated heterocycles. The molecule has 0 aliphatic heterocycles. The van der Waals surface area contributed by atoms with Crippen molar-refractivity contribution in [3.8, 4) is 0 Å². The molecule has 0 unspecified atom stereocenters. The average molecular weight is 238 g/mol. The number of hydrogen-bond donors (Lipinski definition) is 1. The number of pyridine rings is 1. The molecule has 3 aromatic rings. The second kappa shape index (κ2) is 4.14. The van der Waals surface area contributed by atoms with E-state index in [0.29, 0.717) is 0 Å². The van der Waals surface area contributed by atoms with Crippen molar-refractivity contribution in [1.82, 2.24) is 14.5 Å². The zero-order valence-electron chi connectivity index (χ0n) is 10.2. The second-order valence-electron chi connectivity index (χ2n) is 4.35. The number of nitrogens with two attached hydrogens (primary N) is 1. The number of imidazole rings is 1. The number of aromatic nitrogens is 3. The molecule has 4 heteroatoms. The van der Waals surface area contributed by atoms with E-state index in [0.717, 1.165) is 34.7 Å². The van der Waals surface area contributed by atoms with E-state index < -0.39 is 0 Å². The molecule has 0 saturated carbocycles. The van der Waals surface area contributed by atoms with E-state index in [9.17, 15) is 0 Å². The topological polar surface area (TPSA) is 56.7 Å². The van der Waals surface area contributed by atoms with Crippen LogP contribution in [-0.4, -0.2) is 14.5 Å². The van der Waals surface area contributed by atoms with Crippen LogP contribution in [0, 0.1) is 0 Å². The number of anilines is 1. The van der Waals surface area contributed by atoms with Crippen LogP contribution < -0.4 is 5.73 Å². The summed E-state index contributed by atoms with van der Waals surface area (Å²) in [5, 5.41) is 0. The fraction of sp³-hybridized carbons (Fsp3) is 0.143. The van der Waals surface area contributed by atoms with E-state index in [1.165, 1.54) is 0 Å². The van der Waals surface area contributed by atoms with Crippen LogP contribution in [0.2, 0.25) is 0 Å². The molecule has 18 heavy (non-hydrogen) atoms. The first-order valence-corrected chi connectivity index (χ1v) is 5.85. The molecular formula is C14H14N4. The molecule has 4 nitrogen and oxygen atoms in total. The van der Waals surface area contributed by atoms with Crippen LogP contribution >= 0.6 is 0 Å². The van der Waals surface area contributed by atoms with Crippen molar-refractivity contribution in [3.63, 3.8) is 0 Å². The maximum Gasteiger partial charge on any atom is 0.159 e. The third kappa shape index (κ3) is 1.82. The Labute approximate surface area is 105 Å². The Morgan fingerprint density at radius 3 is 2.89 bits per heavy atom. The van der Waals surface area contributed by atoms with E-state index in [2.05, 4.69) is 16.0 Å². The summed E-state index contributed by atoms with van der Waals surface area (Å²) in [7, 11) is 1.99. The van der Waals surface area contributed by atoms with Crippen molar-refractivity contribution >= 4 is 16.9 Å². The summed E-state index contributed by atoms with van der Waals surface area (Å²) in [4.78, 5) is 8.93. The smallest absolute Gasteiger partial charge is 0.159 e. The van der Waals surface area contributed by atoms with Crippen molar-refractivity contribution in [1.29, 1.82) is 0 Å². The Hall–Kier alpha value is -2.36. The Kier molecular flexibility index (Phi) is 2.48. The van der Waals surface area contributed by atoms with Crippen LogP contribution in [0.3, 0.4) is 0 Å². The lowest BCUT2D eigenvalue weighted by Gasteiger charge is -2.03. The van der Waals surface area contributed by atoms with Gasteiger partial charge < -0.3 is 10.3 Å². The molecule has 0 atom stereocenters. The van der Waals surface area contributed by atoms with Gasteiger partial charge in [0.05, 0.1) is 0 Å². The highest BCUT2D eigenvalue weighted by Crippen LogP contribution is 2.16. The Morgan fingerprint density at radius 2 is 2.11 bits per heavy atom. The maximum absolute atomic E-state index is 5.79. The van der Waals surface area contributed by atoms with Crippen molar-refractivity contribution in [2.45, 2.75) is 6.42 Å². The van der Waals surface area contributed by atoms with E-state index in [1.54, 1.807) is 6.20 Å². The first kappa shape index (κ1) is 10.8. The van der Waals surface area contributed by atoms with Gasteiger partial charge in [-0.1, -0.05) is 12.1 Å². The lowest BCUT2D eigenvalue weighted by atomic mass is 10.1. The number of hydrogen-bond acceptors (Lipinski definition) is 3. The molecule has 2 N–H and O–H groups in total. The Morgan fingerprint density at radius 1 is 1.22 bits per heavy atom. The summed E-state index contributed by atoms with van der Waals surface area (Å²) < 4.78 is 2.03. The second-order valence-corrected chi connectivity index (χ2v) is 4.35. The lowest BCUT2D eigenvalue weighted by Crippen LogP contribution is -2.00. The van der Waals surface area contributed by atoms with E-state index >= 15 is 0 Å². The summed E-state index contributed by atoms with van der Waals surface area (Å²) in [6.07, 6.45) is 2.55. The summed E-state index contributed by atoms with van der Waals surface area (Å²) in [6.45, 7) is 0. The van der Waals surface area contributed by atoms with Gasteiger partial charge in [-0.3, -0.25) is 0 Å². The van der Waals surface area contributed by atoms with Gasteiger partial charge in [0.15, 0.2) is 5.65 Å². The van der Waals surface area contributed by atoms with Gasteiger partial charge >= 0.3 is 0 Å². The molecule has 90 valence electrons. The van der Waals surface area contributed by atoms with Crippen molar-refractivity contribution in [2.24, 2.45) is 7.05 Å². The number of fused-ring (bicyclic) bond motifs is 1. The minimum atomic E-state index is 0.762. The molecule has 0 radical (unpaired) electrons. The summed E-state index contributed by atoms with van der Waals surface area (Å²) in [5.74, 6) is 0.995. The molecule has 0 fully saturated rings. The summed E-state index contributed by atoms with van der Waals surface area (Å²) >= 11 is 0. The molecule has 0 spiro atoms. The third-order valence-corrected chi connectivity index (χ3v) is 3.03. The molecule has 1 aromatic carbocycles. The Balaban J connectivity index is 2.02. The van der Waals surface area contributed by atoms with Gasteiger partial charge in [0, 0.05) is 25.4 Å². The zero-order valence-corrected chi connectivity index (χ0v) is 10.2. The number of nitrogen functional groups attached to an aromatic ring is 1. The number of nitrogens with zero attached hydrogens (tertiary/aromatic N) is 3. The average Bonchev–Trinajstić information content (AvgIpc) is 2.67. The van der Waals surface area contributed by atoms with Crippen LogP contribution in [0.5, 0.6) is 0 Å². The van der Waals surface area contributed by atoms with Gasteiger partial charge in [-0.15, -0.1) is 0 Å². The van der Waals surface area contributed by atoms with Crippen LogP contribution in [0.1, 0.15) is 11.4 Å². The molecule has 0 bridgehead atoms. The van der Waals surface area contributed by atoms with Crippen LogP contribution in [-0.2, 0) is 13.5 Å². The van der Waals surface area contributed by atoms with Crippen LogP contribution in [0.25, 0.3) is 11.2 Å². The molecule has 3 rings (SSSR count). The minimum Gasteiger partial charge on any atom is -0.399 e. The summed E-state index contributed by atoms with van der Waals surface area (Å²) in [6, 6.07) is 11.8. The zero-order chi connectivity index (χ0) is 12.5. The van der Waals surface area contributed by atoms with Crippen LogP contribution in [0.4, 0.5) is 5.69 Å².